The van der Waals surface area contributed by atoms with Crippen LogP contribution in [0.15, 0.2) is 24.5 Å². The van der Waals surface area contributed by atoms with Crippen molar-refractivity contribution in [3.63, 3.8) is 0 Å². The van der Waals surface area contributed by atoms with E-state index in [1.165, 1.54) is 17.5 Å². The van der Waals surface area contributed by atoms with Crippen LogP contribution in [-0.2, 0) is 9.53 Å². The van der Waals surface area contributed by atoms with E-state index >= 15 is 0 Å². The second kappa shape index (κ2) is 6.58. The average Bonchev–Trinajstić information content (AvgIpc) is 3.34. The van der Waals surface area contributed by atoms with Crippen molar-refractivity contribution in [1.82, 2.24) is 14.8 Å². The molecule has 0 spiro atoms. The third-order valence-electron chi connectivity index (χ3n) is 3.66. The predicted molar refractivity (Wildman–Crippen MR) is 83.0 cm³/mol. The smallest absolute Gasteiger partial charge is 0.251 e. The highest BCUT2D eigenvalue weighted by Gasteiger charge is 2.22. The molecular formula is C16H17N5O2. The predicted octanol–water partition coefficient (Wildman–Crippen LogP) is 1.81. The molecule has 1 amide bonds. The molecule has 1 N–H and O–H groups in total. The SMILES string of the molecule is Cc1c(C#N)nn(-c2cccnc2)c1NC(=O)COCC1CC1. The second-order valence-electron chi connectivity index (χ2n) is 5.56. The van der Waals surface area contributed by atoms with Gasteiger partial charge in [0, 0.05) is 11.8 Å². The third kappa shape index (κ3) is 3.55. The molecule has 23 heavy (non-hydrogen) atoms. The first kappa shape index (κ1) is 15.2. The molecule has 7 nitrogen and oxygen atoms in total. The average molecular weight is 311 g/mol. The summed E-state index contributed by atoms with van der Waals surface area (Å²) in [5, 5.41) is 16.2. The Hall–Kier alpha value is -2.72. The van der Waals surface area contributed by atoms with Crippen LogP contribution in [0.5, 0.6) is 0 Å². The summed E-state index contributed by atoms with van der Waals surface area (Å²) in [5.41, 5.74) is 1.56. The van der Waals surface area contributed by atoms with E-state index in [1.54, 1.807) is 31.5 Å². The standard InChI is InChI=1S/C16H17N5O2/c1-11-14(7-17)20-21(13-3-2-6-18-8-13)16(11)19-15(22)10-23-9-12-4-5-12/h2-3,6,8,12H,4-5,9-10H2,1H3,(H,19,22). The molecule has 0 unspecified atom stereocenters. The molecule has 1 aliphatic rings. The van der Waals surface area contributed by atoms with E-state index in [0.29, 0.717) is 29.6 Å². The molecule has 0 saturated heterocycles. The van der Waals surface area contributed by atoms with Crippen molar-refractivity contribution in [2.75, 3.05) is 18.5 Å². The summed E-state index contributed by atoms with van der Waals surface area (Å²) in [6.45, 7) is 2.37. The Balaban J connectivity index is 1.78. The molecule has 2 heterocycles. The van der Waals surface area contributed by atoms with Crippen LogP contribution in [0.1, 0.15) is 24.1 Å². The molecule has 3 rings (SSSR count). The maximum atomic E-state index is 12.1. The summed E-state index contributed by atoms with van der Waals surface area (Å²) >= 11 is 0. The van der Waals surface area contributed by atoms with Crippen LogP contribution in [0, 0.1) is 24.2 Å². The van der Waals surface area contributed by atoms with Gasteiger partial charge >= 0.3 is 0 Å². The zero-order valence-corrected chi connectivity index (χ0v) is 12.8. The lowest BCUT2D eigenvalue weighted by Gasteiger charge is -2.10. The van der Waals surface area contributed by atoms with Gasteiger partial charge in [0.2, 0.25) is 0 Å². The van der Waals surface area contributed by atoms with Gasteiger partial charge in [0.1, 0.15) is 18.5 Å². The number of nitriles is 1. The first-order valence-electron chi connectivity index (χ1n) is 7.46. The normalized spacial score (nSPS) is 13.6. The van der Waals surface area contributed by atoms with Crippen LogP contribution >= 0.6 is 0 Å². The number of carbonyl (C=O) groups excluding carboxylic acids is 1. The zero-order chi connectivity index (χ0) is 16.2. The monoisotopic (exact) mass is 311 g/mol. The molecule has 0 bridgehead atoms. The Bertz CT molecular complexity index is 744. The zero-order valence-electron chi connectivity index (χ0n) is 12.8. The van der Waals surface area contributed by atoms with Crippen LogP contribution < -0.4 is 5.32 Å². The summed E-state index contributed by atoms with van der Waals surface area (Å²) in [4.78, 5) is 16.1. The van der Waals surface area contributed by atoms with Gasteiger partial charge in [-0.3, -0.25) is 9.78 Å². The van der Waals surface area contributed by atoms with Crippen LogP contribution in [0.3, 0.4) is 0 Å². The topological polar surface area (TPSA) is 92.8 Å². The molecule has 0 aromatic carbocycles. The number of anilines is 1. The van der Waals surface area contributed by atoms with Gasteiger partial charge < -0.3 is 10.1 Å². The fourth-order valence-corrected chi connectivity index (χ4v) is 2.19. The number of hydrogen-bond donors (Lipinski definition) is 1. The molecule has 0 radical (unpaired) electrons. The maximum Gasteiger partial charge on any atom is 0.251 e. The molecule has 0 aliphatic heterocycles. The van der Waals surface area contributed by atoms with Crippen molar-refractivity contribution in [3.05, 3.63) is 35.8 Å². The van der Waals surface area contributed by atoms with E-state index < -0.39 is 0 Å². The van der Waals surface area contributed by atoms with E-state index in [2.05, 4.69) is 15.4 Å². The first-order valence-corrected chi connectivity index (χ1v) is 7.46. The van der Waals surface area contributed by atoms with Gasteiger partial charge in [-0.15, -0.1) is 0 Å². The molecule has 118 valence electrons. The minimum atomic E-state index is -0.261. The summed E-state index contributed by atoms with van der Waals surface area (Å²) in [5.74, 6) is 0.813. The molecule has 0 atom stereocenters. The van der Waals surface area contributed by atoms with Crippen LogP contribution in [-0.4, -0.2) is 33.9 Å². The van der Waals surface area contributed by atoms with E-state index in [0.717, 1.165) is 0 Å². The number of rotatable bonds is 6. The Kier molecular flexibility index (Phi) is 4.35. The van der Waals surface area contributed by atoms with E-state index in [4.69, 9.17) is 10.00 Å². The van der Waals surface area contributed by atoms with Crippen molar-refractivity contribution in [2.45, 2.75) is 19.8 Å². The Labute approximate surface area is 133 Å². The number of pyridine rings is 1. The maximum absolute atomic E-state index is 12.1. The van der Waals surface area contributed by atoms with Crippen molar-refractivity contribution in [2.24, 2.45) is 5.92 Å². The van der Waals surface area contributed by atoms with Crippen molar-refractivity contribution in [3.8, 4) is 11.8 Å². The molecule has 1 saturated carbocycles. The molecule has 1 fully saturated rings. The largest absolute Gasteiger partial charge is 0.371 e. The van der Waals surface area contributed by atoms with E-state index in [1.807, 2.05) is 6.07 Å². The summed E-state index contributed by atoms with van der Waals surface area (Å²) in [6, 6.07) is 5.60. The van der Waals surface area contributed by atoms with Gasteiger partial charge in [0.15, 0.2) is 5.69 Å². The Morgan fingerprint density at radius 1 is 1.57 bits per heavy atom. The Morgan fingerprint density at radius 3 is 3.04 bits per heavy atom. The highest BCUT2D eigenvalue weighted by molar-refractivity contribution is 5.92. The number of nitrogens with zero attached hydrogens (tertiary/aromatic N) is 4. The van der Waals surface area contributed by atoms with Crippen molar-refractivity contribution < 1.29 is 9.53 Å². The molecule has 7 heteroatoms. The number of carbonyl (C=O) groups is 1. The quantitative estimate of drug-likeness (QED) is 0.878. The minimum absolute atomic E-state index is 0.00392. The lowest BCUT2D eigenvalue weighted by atomic mass is 10.2. The number of hydrogen-bond acceptors (Lipinski definition) is 5. The third-order valence-corrected chi connectivity index (χ3v) is 3.66. The lowest BCUT2D eigenvalue weighted by molar-refractivity contribution is -0.120. The van der Waals surface area contributed by atoms with Crippen LogP contribution in [0.4, 0.5) is 5.82 Å². The van der Waals surface area contributed by atoms with Gasteiger partial charge in [-0.2, -0.15) is 10.4 Å². The second-order valence-corrected chi connectivity index (χ2v) is 5.56. The fraction of sp³-hybridized carbons (Fsp3) is 0.375. The number of aromatic nitrogens is 3. The summed E-state index contributed by atoms with van der Waals surface area (Å²) in [7, 11) is 0. The van der Waals surface area contributed by atoms with Crippen LogP contribution in [0.25, 0.3) is 5.69 Å². The highest BCUT2D eigenvalue weighted by Crippen LogP contribution is 2.28. The van der Waals surface area contributed by atoms with Crippen molar-refractivity contribution in [1.29, 1.82) is 5.26 Å². The number of nitrogens with one attached hydrogen (secondary N) is 1. The van der Waals surface area contributed by atoms with Gasteiger partial charge in [-0.25, -0.2) is 4.68 Å². The fourth-order valence-electron chi connectivity index (χ4n) is 2.19. The summed E-state index contributed by atoms with van der Waals surface area (Å²) < 4.78 is 6.90. The number of amides is 1. The first-order chi connectivity index (χ1) is 11.2. The van der Waals surface area contributed by atoms with Gasteiger partial charge in [0.25, 0.3) is 5.91 Å². The molecule has 2 aromatic rings. The molecular weight excluding hydrogens is 294 g/mol. The lowest BCUT2D eigenvalue weighted by Crippen LogP contribution is -2.21. The van der Waals surface area contributed by atoms with E-state index in [-0.39, 0.29) is 18.2 Å². The van der Waals surface area contributed by atoms with Crippen LogP contribution in [0.2, 0.25) is 0 Å². The molecule has 2 aromatic heterocycles. The minimum Gasteiger partial charge on any atom is -0.371 e. The summed E-state index contributed by atoms with van der Waals surface area (Å²) in [6.07, 6.45) is 5.63. The Morgan fingerprint density at radius 2 is 2.39 bits per heavy atom. The highest BCUT2D eigenvalue weighted by atomic mass is 16.5. The molecule has 1 aliphatic carbocycles. The van der Waals surface area contributed by atoms with Gasteiger partial charge in [-0.1, -0.05) is 0 Å². The number of ether oxygens (including phenoxy) is 1. The van der Waals surface area contributed by atoms with Gasteiger partial charge in [0.05, 0.1) is 18.5 Å². The van der Waals surface area contributed by atoms with E-state index in [9.17, 15) is 4.79 Å². The van der Waals surface area contributed by atoms with Crippen molar-refractivity contribution >= 4 is 11.7 Å². The van der Waals surface area contributed by atoms with Gasteiger partial charge in [-0.05, 0) is 37.8 Å².